The second kappa shape index (κ2) is 9.17. The fourth-order valence-corrected chi connectivity index (χ4v) is 2.98. The van der Waals surface area contributed by atoms with Gasteiger partial charge in [-0.3, -0.25) is 0 Å². The first kappa shape index (κ1) is 21.0. The van der Waals surface area contributed by atoms with Crippen molar-refractivity contribution < 1.29 is 28.4 Å². The minimum absolute atomic E-state index is 0.408. The topological polar surface area (TPSA) is 94.1 Å². The van der Waals surface area contributed by atoms with Crippen molar-refractivity contribution in [2.75, 3.05) is 42.7 Å². The van der Waals surface area contributed by atoms with Crippen LogP contribution in [0.4, 0.5) is 0 Å². The van der Waals surface area contributed by atoms with Gasteiger partial charge in [0, 0.05) is 11.1 Å². The molecule has 0 N–H and O–H groups in total. The van der Waals surface area contributed by atoms with Crippen molar-refractivity contribution in [1.82, 2.24) is 15.2 Å². The van der Waals surface area contributed by atoms with Crippen LogP contribution in [0.2, 0.25) is 0 Å². The number of ether oxygens (including phenoxy) is 6. The average molecular weight is 413 g/mol. The lowest BCUT2D eigenvalue weighted by molar-refractivity contribution is 0.324. The molecule has 0 atom stereocenters. The Morgan fingerprint density at radius 1 is 0.533 bits per heavy atom. The first-order valence-corrected chi connectivity index (χ1v) is 8.90. The van der Waals surface area contributed by atoms with E-state index < -0.39 is 0 Å². The molecular weight excluding hydrogens is 390 g/mol. The number of aromatic nitrogens is 3. The highest BCUT2D eigenvalue weighted by atomic mass is 16.5. The van der Waals surface area contributed by atoms with Crippen LogP contribution in [0, 0.1) is 0 Å². The second-order valence-electron chi connectivity index (χ2n) is 6.00. The first-order valence-electron chi connectivity index (χ1n) is 8.90. The third-order valence-electron chi connectivity index (χ3n) is 4.44. The lowest BCUT2D eigenvalue weighted by Gasteiger charge is -2.14. The zero-order valence-corrected chi connectivity index (χ0v) is 17.7. The van der Waals surface area contributed by atoms with E-state index >= 15 is 0 Å². The number of rotatable bonds is 8. The van der Waals surface area contributed by atoms with Gasteiger partial charge < -0.3 is 28.4 Å². The minimum atomic E-state index is 0.408. The van der Waals surface area contributed by atoms with Crippen molar-refractivity contribution in [3.8, 4) is 57.1 Å². The maximum atomic E-state index is 5.39. The summed E-state index contributed by atoms with van der Waals surface area (Å²) in [7, 11) is 9.30. The number of benzene rings is 2. The van der Waals surface area contributed by atoms with Crippen LogP contribution in [0.5, 0.6) is 34.5 Å². The Kier molecular flexibility index (Phi) is 6.41. The lowest BCUT2D eigenvalue weighted by Crippen LogP contribution is -1.99. The summed E-state index contributed by atoms with van der Waals surface area (Å²) in [6.07, 6.45) is 1.62. The maximum Gasteiger partial charge on any atom is 0.203 e. The summed E-state index contributed by atoms with van der Waals surface area (Å²) in [5.41, 5.74) is 1.94. The van der Waals surface area contributed by atoms with Gasteiger partial charge in [0.2, 0.25) is 11.5 Å². The molecule has 9 nitrogen and oxygen atoms in total. The van der Waals surface area contributed by atoms with Gasteiger partial charge in [0.25, 0.3) is 0 Å². The summed E-state index contributed by atoms with van der Waals surface area (Å²) in [6.45, 7) is 0. The Morgan fingerprint density at radius 3 is 1.30 bits per heavy atom. The number of methoxy groups -OCH3 is 6. The normalized spacial score (nSPS) is 10.3. The summed E-state index contributed by atoms with van der Waals surface area (Å²) in [4.78, 5) is 4.45. The van der Waals surface area contributed by atoms with E-state index in [1.54, 1.807) is 73.1 Å². The molecule has 0 amide bonds. The van der Waals surface area contributed by atoms with E-state index in [1.165, 1.54) is 0 Å². The molecule has 0 aliphatic rings. The van der Waals surface area contributed by atoms with Gasteiger partial charge >= 0.3 is 0 Å². The second-order valence-corrected chi connectivity index (χ2v) is 6.00. The van der Waals surface area contributed by atoms with Crippen LogP contribution in [-0.4, -0.2) is 57.8 Å². The fraction of sp³-hybridized carbons (Fsp3) is 0.286. The summed E-state index contributed by atoms with van der Waals surface area (Å²) in [5.74, 6) is 3.44. The van der Waals surface area contributed by atoms with Gasteiger partial charge in [-0.15, -0.1) is 10.2 Å². The molecule has 3 rings (SSSR count). The Balaban J connectivity index is 2.02. The van der Waals surface area contributed by atoms with E-state index in [4.69, 9.17) is 28.4 Å². The van der Waals surface area contributed by atoms with E-state index in [9.17, 15) is 0 Å². The Morgan fingerprint density at radius 2 is 0.967 bits per heavy atom. The van der Waals surface area contributed by atoms with E-state index in [2.05, 4.69) is 15.2 Å². The van der Waals surface area contributed by atoms with Crippen LogP contribution in [0.15, 0.2) is 30.5 Å². The van der Waals surface area contributed by atoms with Crippen LogP contribution < -0.4 is 28.4 Å². The zero-order chi connectivity index (χ0) is 21.7. The van der Waals surface area contributed by atoms with Crippen molar-refractivity contribution >= 4 is 0 Å². The van der Waals surface area contributed by atoms with Crippen molar-refractivity contribution in [2.24, 2.45) is 0 Å². The first-order chi connectivity index (χ1) is 14.6. The van der Waals surface area contributed by atoms with Gasteiger partial charge in [0.05, 0.1) is 48.9 Å². The summed E-state index contributed by atoms with van der Waals surface area (Å²) in [5, 5.41) is 8.57. The van der Waals surface area contributed by atoms with E-state index in [1.807, 2.05) is 0 Å². The highest BCUT2D eigenvalue weighted by molar-refractivity contribution is 5.70. The lowest BCUT2D eigenvalue weighted by atomic mass is 10.1. The molecule has 0 radical (unpaired) electrons. The zero-order valence-electron chi connectivity index (χ0n) is 17.7. The number of nitrogens with zero attached hydrogens (tertiary/aromatic N) is 3. The van der Waals surface area contributed by atoms with E-state index in [0.717, 1.165) is 5.56 Å². The molecule has 158 valence electrons. The monoisotopic (exact) mass is 413 g/mol. The molecule has 2 aromatic carbocycles. The quantitative estimate of drug-likeness (QED) is 0.551. The molecule has 0 saturated carbocycles. The predicted octanol–water partition coefficient (Wildman–Crippen LogP) is 3.26. The SMILES string of the molecule is COc1cc(-c2cnc(-c3cc(OC)c(OC)c(OC)c3)nn2)cc(OC)c1OC. The smallest absolute Gasteiger partial charge is 0.203 e. The van der Waals surface area contributed by atoms with Gasteiger partial charge in [-0.2, -0.15) is 0 Å². The fourth-order valence-electron chi connectivity index (χ4n) is 2.98. The Bertz CT molecular complexity index is 891. The molecule has 1 aromatic heterocycles. The van der Waals surface area contributed by atoms with Crippen LogP contribution in [0.3, 0.4) is 0 Å². The van der Waals surface area contributed by atoms with Gasteiger partial charge in [-0.25, -0.2) is 4.98 Å². The summed E-state index contributed by atoms with van der Waals surface area (Å²) >= 11 is 0. The number of hydrogen-bond donors (Lipinski definition) is 0. The van der Waals surface area contributed by atoms with Crippen LogP contribution in [-0.2, 0) is 0 Å². The molecule has 1 heterocycles. The van der Waals surface area contributed by atoms with E-state index in [-0.39, 0.29) is 0 Å². The minimum Gasteiger partial charge on any atom is -0.493 e. The largest absolute Gasteiger partial charge is 0.493 e. The highest BCUT2D eigenvalue weighted by Crippen LogP contribution is 2.42. The van der Waals surface area contributed by atoms with Crippen LogP contribution in [0.1, 0.15) is 0 Å². The van der Waals surface area contributed by atoms with Crippen molar-refractivity contribution in [3.05, 3.63) is 30.5 Å². The molecular formula is C21H23N3O6. The molecule has 3 aromatic rings. The maximum absolute atomic E-state index is 5.39. The predicted molar refractivity (Wildman–Crippen MR) is 110 cm³/mol. The molecule has 0 saturated heterocycles. The van der Waals surface area contributed by atoms with Gasteiger partial charge in [0.15, 0.2) is 28.8 Å². The third-order valence-corrected chi connectivity index (χ3v) is 4.44. The average Bonchev–Trinajstić information content (AvgIpc) is 2.81. The molecule has 0 unspecified atom stereocenters. The van der Waals surface area contributed by atoms with E-state index in [0.29, 0.717) is 51.6 Å². The number of hydrogen-bond acceptors (Lipinski definition) is 9. The molecule has 0 aliphatic carbocycles. The standard InChI is InChI=1S/C21H23N3O6/c1-25-15-7-12(8-16(26-2)19(15)29-5)14-11-22-21(24-23-14)13-9-17(27-3)20(30-6)18(10-13)28-4/h7-11H,1-6H3. The molecule has 0 bridgehead atoms. The van der Waals surface area contributed by atoms with Crippen molar-refractivity contribution in [3.63, 3.8) is 0 Å². The molecule has 30 heavy (non-hydrogen) atoms. The van der Waals surface area contributed by atoms with Gasteiger partial charge in [-0.1, -0.05) is 0 Å². The molecule has 0 spiro atoms. The van der Waals surface area contributed by atoms with Crippen LogP contribution >= 0.6 is 0 Å². The highest BCUT2D eigenvalue weighted by Gasteiger charge is 2.17. The molecule has 0 aliphatic heterocycles. The van der Waals surface area contributed by atoms with Crippen molar-refractivity contribution in [1.29, 1.82) is 0 Å². The third kappa shape index (κ3) is 3.86. The Labute approximate surface area is 174 Å². The van der Waals surface area contributed by atoms with Gasteiger partial charge in [-0.05, 0) is 24.3 Å². The summed E-state index contributed by atoms with van der Waals surface area (Å²) in [6, 6.07) is 7.09. The van der Waals surface area contributed by atoms with Crippen molar-refractivity contribution in [2.45, 2.75) is 0 Å². The van der Waals surface area contributed by atoms with Gasteiger partial charge in [0.1, 0.15) is 5.69 Å². The molecule has 0 fully saturated rings. The Hall–Kier alpha value is -3.75. The summed E-state index contributed by atoms with van der Waals surface area (Å²) < 4.78 is 32.3. The molecule has 9 heteroatoms. The van der Waals surface area contributed by atoms with Crippen LogP contribution in [0.25, 0.3) is 22.6 Å².